The number of sulfonamides is 1. The summed E-state index contributed by atoms with van der Waals surface area (Å²) in [5.74, 6) is 0.771. The minimum Gasteiger partial charge on any atom is -0.372 e. The van der Waals surface area contributed by atoms with Gasteiger partial charge in [-0.05, 0) is 68.0 Å². The van der Waals surface area contributed by atoms with Crippen molar-refractivity contribution in [1.29, 1.82) is 0 Å². The summed E-state index contributed by atoms with van der Waals surface area (Å²) < 4.78 is 66.0. The molecule has 0 bridgehead atoms. The molecule has 1 aromatic carbocycles. The summed E-state index contributed by atoms with van der Waals surface area (Å²) >= 11 is 0. The standard InChI is InChI=1S/C25H32F3N5O3S/c1-18(34)29-16-19-8-12-32(13-9-19)22-3-5-23(6-4-22)37(35,36)33-14-10-21(11-15-33)31-24-7-2-20(17-30-24)25(26,27)28/h2-7,17,19,21H,8-16H2,1H3,(H,29,34)(H,30,31). The number of anilines is 2. The van der Waals surface area contributed by atoms with E-state index in [-0.39, 0.29) is 16.8 Å². The van der Waals surface area contributed by atoms with Crippen LogP contribution in [-0.4, -0.2) is 62.4 Å². The Labute approximate surface area is 215 Å². The number of piperidine rings is 2. The van der Waals surface area contributed by atoms with Crippen molar-refractivity contribution in [3.05, 3.63) is 48.2 Å². The number of nitrogens with one attached hydrogen (secondary N) is 2. The number of alkyl halides is 3. The number of pyridine rings is 1. The fourth-order valence-corrected chi connectivity index (χ4v) is 6.23. The topological polar surface area (TPSA) is 94.6 Å². The zero-order valence-corrected chi connectivity index (χ0v) is 21.5. The molecule has 2 aromatic rings. The second-order valence-corrected chi connectivity index (χ2v) is 11.6. The van der Waals surface area contributed by atoms with Gasteiger partial charge in [0.15, 0.2) is 0 Å². The van der Waals surface area contributed by atoms with Crippen molar-refractivity contribution < 1.29 is 26.4 Å². The van der Waals surface area contributed by atoms with Crippen molar-refractivity contribution in [2.75, 3.05) is 42.9 Å². The van der Waals surface area contributed by atoms with Gasteiger partial charge in [-0.1, -0.05) is 0 Å². The monoisotopic (exact) mass is 539 g/mol. The molecule has 202 valence electrons. The van der Waals surface area contributed by atoms with E-state index in [2.05, 4.69) is 20.5 Å². The van der Waals surface area contributed by atoms with Crippen LogP contribution in [0.5, 0.6) is 0 Å². The number of carbonyl (C=O) groups is 1. The average molecular weight is 540 g/mol. The van der Waals surface area contributed by atoms with E-state index in [0.717, 1.165) is 43.9 Å². The number of rotatable bonds is 7. The van der Waals surface area contributed by atoms with Crippen molar-refractivity contribution in [3.63, 3.8) is 0 Å². The Morgan fingerprint density at radius 2 is 1.65 bits per heavy atom. The molecule has 12 heteroatoms. The predicted molar refractivity (Wildman–Crippen MR) is 135 cm³/mol. The molecule has 0 unspecified atom stereocenters. The lowest BCUT2D eigenvalue weighted by molar-refractivity contribution is -0.137. The van der Waals surface area contributed by atoms with E-state index in [4.69, 9.17) is 0 Å². The van der Waals surface area contributed by atoms with Crippen LogP contribution in [0.4, 0.5) is 24.7 Å². The van der Waals surface area contributed by atoms with Gasteiger partial charge in [0.05, 0.1) is 10.5 Å². The van der Waals surface area contributed by atoms with Gasteiger partial charge in [0.1, 0.15) is 5.82 Å². The number of nitrogens with zero attached hydrogens (tertiary/aromatic N) is 3. The maximum atomic E-state index is 13.2. The molecule has 0 atom stereocenters. The van der Waals surface area contributed by atoms with Crippen molar-refractivity contribution in [2.24, 2.45) is 5.92 Å². The van der Waals surface area contributed by atoms with Crippen LogP contribution in [0.3, 0.4) is 0 Å². The number of aromatic nitrogens is 1. The van der Waals surface area contributed by atoms with E-state index in [1.54, 1.807) is 12.1 Å². The fraction of sp³-hybridized carbons (Fsp3) is 0.520. The largest absolute Gasteiger partial charge is 0.417 e. The highest BCUT2D eigenvalue weighted by Crippen LogP contribution is 2.30. The van der Waals surface area contributed by atoms with Crippen LogP contribution in [0, 0.1) is 5.92 Å². The van der Waals surface area contributed by atoms with Gasteiger partial charge in [-0.25, -0.2) is 13.4 Å². The number of carbonyl (C=O) groups excluding carboxylic acids is 1. The number of hydrogen-bond acceptors (Lipinski definition) is 6. The molecule has 37 heavy (non-hydrogen) atoms. The predicted octanol–water partition coefficient (Wildman–Crippen LogP) is 3.72. The molecule has 1 aromatic heterocycles. The third-order valence-corrected chi connectivity index (χ3v) is 8.90. The van der Waals surface area contributed by atoms with Crippen LogP contribution in [0.15, 0.2) is 47.5 Å². The van der Waals surface area contributed by atoms with E-state index in [9.17, 15) is 26.4 Å². The summed E-state index contributed by atoms with van der Waals surface area (Å²) in [6.45, 7) is 4.53. The highest BCUT2D eigenvalue weighted by Gasteiger charge is 2.32. The van der Waals surface area contributed by atoms with Crippen LogP contribution in [0.25, 0.3) is 0 Å². The lowest BCUT2D eigenvalue weighted by atomic mass is 9.96. The van der Waals surface area contributed by atoms with Gasteiger partial charge < -0.3 is 15.5 Å². The van der Waals surface area contributed by atoms with Gasteiger partial charge in [-0.15, -0.1) is 0 Å². The third-order valence-electron chi connectivity index (χ3n) is 6.99. The molecule has 2 aliphatic heterocycles. The van der Waals surface area contributed by atoms with Gasteiger partial charge in [-0.2, -0.15) is 17.5 Å². The molecule has 2 fully saturated rings. The van der Waals surface area contributed by atoms with Gasteiger partial charge in [0, 0.05) is 57.6 Å². The molecule has 0 radical (unpaired) electrons. The van der Waals surface area contributed by atoms with Crippen LogP contribution >= 0.6 is 0 Å². The van der Waals surface area contributed by atoms with Crippen LogP contribution in [-0.2, 0) is 21.0 Å². The molecular formula is C25H32F3N5O3S. The zero-order chi connectivity index (χ0) is 26.6. The molecule has 0 saturated carbocycles. The minimum atomic E-state index is -4.44. The average Bonchev–Trinajstić information content (AvgIpc) is 2.88. The Bertz CT molecular complexity index is 1160. The molecule has 1 amide bonds. The highest BCUT2D eigenvalue weighted by molar-refractivity contribution is 7.89. The summed E-state index contributed by atoms with van der Waals surface area (Å²) in [6.07, 6.45) is -0.675. The SMILES string of the molecule is CC(=O)NCC1CCN(c2ccc(S(=O)(=O)N3CCC(Nc4ccc(C(F)(F)F)cn4)CC3)cc2)CC1. The molecule has 2 saturated heterocycles. The van der Waals surface area contributed by atoms with E-state index in [0.29, 0.717) is 44.2 Å². The van der Waals surface area contributed by atoms with Crippen LogP contribution in [0.2, 0.25) is 0 Å². The lowest BCUT2D eigenvalue weighted by Gasteiger charge is -2.34. The van der Waals surface area contributed by atoms with Gasteiger partial charge >= 0.3 is 6.18 Å². The van der Waals surface area contributed by atoms with Gasteiger partial charge in [0.2, 0.25) is 15.9 Å². The molecule has 4 rings (SSSR count). The molecule has 3 heterocycles. The van der Waals surface area contributed by atoms with E-state index >= 15 is 0 Å². The fourth-order valence-electron chi connectivity index (χ4n) is 4.76. The van der Waals surface area contributed by atoms with Crippen molar-refractivity contribution >= 4 is 27.4 Å². The maximum Gasteiger partial charge on any atom is 0.417 e. The molecule has 0 aliphatic carbocycles. The number of benzene rings is 1. The first-order chi connectivity index (χ1) is 17.5. The van der Waals surface area contributed by atoms with Gasteiger partial charge in [0.25, 0.3) is 0 Å². The summed E-state index contributed by atoms with van der Waals surface area (Å²) in [5.41, 5.74) is 0.167. The highest BCUT2D eigenvalue weighted by atomic mass is 32.2. The minimum absolute atomic E-state index is 0.0177. The first-order valence-corrected chi connectivity index (χ1v) is 13.9. The van der Waals surface area contributed by atoms with Crippen LogP contribution in [0.1, 0.15) is 38.2 Å². The zero-order valence-electron chi connectivity index (χ0n) is 20.7. The quantitative estimate of drug-likeness (QED) is 0.557. The first-order valence-electron chi connectivity index (χ1n) is 12.4. The first kappa shape index (κ1) is 27.2. The second kappa shape index (κ2) is 11.3. The summed E-state index contributed by atoms with van der Waals surface area (Å²) in [6, 6.07) is 9.16. The Hall–Kier alpha value is -2.86. The van der Waals surface area contributed by atoms with Crippen LogP contribution < -0.4 is 15.5 Å². The van der Waals surface area contributed by atoms with Crippen molar-refractivity contribution in [1.82, 2.24) is 14.6 Å². The third kappa shape index (κ3) is 6.92. The van der Waals surface area contributed by atoms with Crippen molar-refractivity contribution in [2.45, 2.75) is 49.7 Å². The number of hydrogen-bond donors (Lipinski definition) is 2. The Morgan fingerprint density at radius 3 is 2.19 bits per heavy atom. The number of amides is 1. The smallest absolute Gasteiger partial charge is 0.372 e. The lowest BCUT2D eigenvalue weighted by Crippen LogP contribution is -2.42. The van der Waals surface area contributed by atoms with Gasteiger partial charge in [-0.3, -0.25) is 4.79 Å². The molecule has 0 spiro atoms. The summed E-state index contributed by atoms with van der Waals surface area (Å²) in [4.78, 5) is 17.4. The van der Waals surface area contributed by atoms with E-state index in [1.165, 1.54) is 17.3 Å². The van der Waals surface area contributed by atoms with E-state index < -0.39 is 21.8 Å². The summed E-state index contributed by atoms with van der Waals surface area (Å²) in [7, 11) is -3.65. The van der Waals surface area contributed by atoms with Crippen molar-refractivity contribution in [3.8, 4) is 0 Å². The second-order valence-electron chi connectivity index (χ2n) is 9.61. The van der Waals surface area contributed by atoms with E-state index in [1.807, 2.05) is 12.1 Å². The molecule has 8 nitrogen and oxygen atoms in total. The Kier molecular flexibility index (Phi) is 8.27. The Morgan fingerprint density at radius 1 is 1.00 bits per heavy atom. The Balaban J connectivity index is 1.28. The number of halogens is 3. The molecule has 2 aliphatic rings. The normalized spacial score (nSPS) is 18.5. The maximum absolute atomic E-state index is 13.2. The summed E-state index contributed by atoms with van der Waals surface area (Å²) in [5, 5.41) is 5.98. The molecular weight excluding hydrogens is 507 g/mol. The molecule has 2 N–H and O–H groups in total.